The first-order chi connectivity index (χ1) is 6.95. The maximum absolute atomic E-state index is 11.7. The minimum Gasteiger partial charge on any atom is -0.461 e. The summed E-state index contributed by atoms with van der Waals surface area (Å²) in [5.41, 5.74) is 4.99. The predicted octanol–water partition coefficient (Wildman–Crippen LogP) is 0.751. The third-order valence-electron chi connectivity index (χ3n) is 3.14. The van der Waals surface area contributed by atoms with Crippen molar-refractivity contribution >= 4 is 5.97 Å². The number of nitrogens with two attached hydrogens (primary N) is 1. The fourth-order valence-electron chi connectivity index (χ4n) is 1.53. The first-order valence-corrected chi connectivity index (χ1v) is 5.64. The molecule has 15 heavy (non-hydrogen) atoms. The van der Waals surface area contributed by atoms with Gasteiger partial charge in [0.25, 0.3) is 0 Å². The molecule has 1 fully saturated rings. The van der Waals surface area contributed by atoms with E-state index in [0.29, 0.717) is 6.42 Å². The number of esters is 1. The van der Waals surface area contributed by atoms with Crippen molar-refractivity contribution < 1.29 is 9.53 Å². The summed E-state index contributed by atoms with van der Waals surface area (Å²) in [7, 11) is 2.08. The van der Waals surface area contributed by atoms with E-state index in [1.54, 1.807) is 6.92 Å². The normalized spacial score (nSPS) is 23.5. The number of ether oxygens (including phenoxy) is 1. The Morgan fingerprint density at radius 2 is 2.07 bits per heavy atom. The molecule has 0 amide bonds. The lowest BCUT2D eigenvalue weighted by Crippen LogP contribution is -2.48. The molecule has 1 aliphatic rings. The van der Waals surface area contributed by atoms with Crippen LogP contribution in [0.15, 0.2) is 0 Å². The van der Waals surface area contributed by atoms with E-state index in [1.165, 1.54) is 0 Å². The highest BCUT2D eigenvalue weighted by atomic mass is 16.5. The molecule has 4 nitrogen and oxygen atoms in total. The van der Waals surface area contributed by atoms with E-state index in [2.05, 4.69) is 11.9 Å². The van der Waals surface area contributed by atoms with Gasteiger partial charge in [-0.05, 0) is 33.2 Å². The van der Waals surface area contributed by atoms with Crippen LogP contribution < -0.4 is 5.73 Å². The molecule has 1 heterocycles. The van der Waals surface area contributed by atoms with Gasteiger partial charge >= 0.3 is 5.97 Å². The van der Waals surface area contributed by atoms with Crippen LogP contribution in [0.1, 0.15) is 33.1 Å². The second kappa shape index (κ2) is 4.94. The molecule has 2 N–H and O–H groups in total. The number of likely N-dealkylation sites (tertiary alicyclic amines) is 1. The Hall–Kier alpha value is -0.610. The van der Waals surface area contributed by atoms with Crippen molar-refractivity contribution in [3.63, 3.8) is 0 Å². The zero-order valence-corrected chi connectivity index (χ0v) is 9.95. The van der Waals surface area contributed by atoms with Crippen molar-refractivity contribution in [3.8, 4) is 0 Å². The SMILES string of the molecule is CCC(C)(N)C(=O)OC1CCN(C)CC1. The predicted molar refractivity (Wildman–Crippen MR) is 59.5 cm³/mol. The number of hydrogen-bond donors (Lipinski definition) is 1. The first-order valence-electron chi connectivity index (χ1n) is 5.64. The van der Waals surface area contributed by atoms with E-state index in [-0.39, 0.29) is 12.1 Å². The molecule has 1 aliphatic heterocycles. The standard InChI is InChI=1S/C11H22N2O2/c1-4-11(2,12)10(14)15-9-5-7-13(3)8-6-9/h9H,4-8,12H2,1-3H3. The van der Waals surface area contributed by atoms with Crippen LogP contribution >= 0.6 is 0 Å². The quantitative estimate of drug-likeness (QED) is 0.704. The first kappa shape index (κ1) is 12.5. The van der Waals surface area contributed by atoms with E-state index < -0.39 is 5.54 Å². The summed E-state index contributed by atoms with van der Waals surface area (Å²) >= 11 is 0. The number of rotatable bonds is 3. The molecular formula is C11H22N2O2. The molecule has 0 radical (unpaired) electrons. The van der Waals surface area contributed by atoms with Gasteiger partial charge in [-0.3, -0.25) is 4.79 Å². The minimum absolute atomic E-state index is 0.0584. The van der Waals surface area contributed by atoms with Crippen molar-refractivity contribution in [2.75, 3.05) is 20.1 Å². The summed E-state index contributed by atoms with van der Waals surface area (Å²) in [6, 6.07) is 0. The van der Waals surface area contributed by atoms with Crippen molar-refractivity contribution in [1.29, 1.82) is 0 Å². The van der Waals surface area contributed by atoms with E-state index in [1.807, 2.05) is 6.92 Å². The summed E-state index contributed by atoms with van der Waals surface area (Å²) in [6.07, 6.45) is 2.51. The van der Waals surface area contributed by atoms with Gasteiger partial charge in [0.1, 0.15) is 11.6 Å². The summed E-state index contributed by atoms with van der Waals surface area (Å²) in [6.45, 7) is 5.61. The van der Waals surface area contributed by atoms with Gasteiger partial charge < -0.3 is 15.4 Å². The molecular weight excluding hydrogens is 192 g/mol. The lowest BCUT2D eigenvalue weighted by atomic mass is 10.0. The van der Waals surface area contributed by atoms with Crippen LogP contribution in [-0.4, -0.2) is 42.6 Å². The van der Waals surface area contributed by atoms with Crippen LogP contribution in [0.3, 0.4) is 0 Å². The molecule has 1 unspecified atom stereocenters. The molecule has 0 aromatic rings. The molecule has 1 saturated heterocycles. The minimum atomic E-state index is -0.830. The molecule has 0 aliphatic carbocycles. The third kappa shape index (κ3) is 3.47. The zero-order chi connectivity index (χ0) is 11.5. The average molecular weight is 214 g/mol. The Morgan fingerprint density at radius 1 is 1.53 bits per heavy atom. The Kier molecular flexibility index (Phi) is 4.11. The van der Waals surface area contributed by atoms with Crippen LogP contribution in [-0.2, 0) is 9.53 Å². The third-order valence-corrected chi connectivity index (χ3v) is 3.14. The average Bonchev–Trinajstić information content (AvgIpc) is 2.21. The fraction of sp³-hybridized carbons (Fsp3) is 0.909. The van der Waals surface area contributed by atoms with Crippen LogP contribution in [0.25, 0.3) is 0 Å². The molecule has 0 spiro atoms. The van der Waals surface area contributed by atoms with Gasteiger partial charge in [-0.25, -0.2) is 0 Å². The van der Waals surface area contributed by atoms with Crippen LogP contribution in [0, 0.1) is 0 Å². The Bertz CT molecular complexity index is 221. The molecule has 0 saturated carbocycles. The van der Waals surface area contributed by atoms with Crippen molar-refractivity contribution in [3.05, 3.63) is 0 Å². The largest absolute Gasteiger partial charge is 0.461 e. The molecule has 1 atom stereocenters. The topological polar surface area (TPSA) is 55.6 Å². The van der Waals surface area contributed by atoms with Crippen molar-refractivity contribution in [2.24, 2.45) is 5.73 Å². The van der Waals surface area contributed by atoms with Gasteiger partial charge in [-0.15, -0.1) is 0 Å². The second-order valence-electron chi connectivity index (χ2n) is 4.68. The smallest absolute Gasteiger partial charge is 0.326 e. The summed E-state index contributed by atoms with van der Waals surface area (Å²) in [5, 5.41) is 0. The molecule has 0 aromatic heterocycles. The lowest BCUT2D eigenvalue weighted by Gasteiger charge is -2.31. The highest BCUT2D eigenvalue weighted by Gasteiger charge is 2.31. The highest BCUT2D eigenvalue weighted by molar-refractivity contribution is 5.80. The summed E-state index contributed by atoms with van der Waals surface area (Å²) < 4.78 is 5.40. The maximum atomic E-state index is 11.7. The highest BCUT2D eigenvalue weighted by Crippen LogP contribution is 2.16. The molecule has 1 rings (SSSR count). The number of nitrogens with zero attached hydrogens (tertiary/aromatic N) is 1. The van der Waals surface area contributed by atoms with Gasteiger partial charge in [-0.2, -0.15) is 0 Å². The van der Waals surface area contributed by atoms with Crippen LogP contribution in [0.5, 0.6) is 0 Å². The van der Waals surface area contributed by atoms with Gasteiger partial charge in [0.15, 0.2) is 0 Å². The monoisotopic (exact) mass is 214 g/mol. The Morgan fingerprint density at radius 3 is 2.53 bits per heavy atom. The molecule has 0 bridgehead atoms. The van der Waals surface area contributed by atoms with Gasteiger partial charge in [0.2, 0.25) is 0 Å². The summed E-state index contributed by atoms with van der Waals surface area (Å²) in [4.78, 5) is 13.9. The summed E-state index contributed by atoms with van der Waals surface area (Å²) in [5.74, 6) is -0.264. The lowest BCUT2D eigenvalue weighted by molar-refractivity contribution is -0.157. The maximum Gasteiger partial charge on any atom is 0.326 e. The van der Waals surface area contributed by atoms with E-state index >= 15 is 0 Å². The van der Waals surface area contributed by atoms with Crippen LogP contribution in [0.4, 0.5) is 0 Å². The number of hydrogen-bond acceptors (Lipinski definition) is 4. The number of carbonyl (C=O) groups excluding carboxylic acids is 1. The molecule has 4 heteroatoms. The fourth-order valence-corrected chi connectivity index (χ4v) is 1.53. The Balaban J connectivity index is 2.39. The van der Waals surface area contributed by atoms with E-state index in [9.17, 15) is 4.79 Å². The second-order valence-corrected chi connectivity index (χ2v) is 4.68. The zero-order valence-electron chi connectivity index (χ0n) is 9.95. The van der Waals surface area contributed by atoms with E-state index in [0.717, 1.165) is 25.9 Å². The van der Waals surface area contributed by atoms with Crippen molar-refractivity contribution in [2.45, 2.75) is 44.8 Å². The van der Waals surface area contributed by atoms with Gasteiger partial charge in [0.05, 0.1) is 0 Å². The van der Waals surface area contributed by atoms with Crippen LogP contribution in [0.2, 0.25) is 0 Å². The molecule has 88 valence electrons. The van der Waals surface area contributed by atoms with Gasteiger partial charge in [-0.1, -0.05) is 6.92 Å². The van der Waals surface area contributed by atoms with Crippen molar-refractivity contribution in [1.82, 2.24) is 4.90 Å². The van der Waals surface area contributed by atoms with E-state index in [4.69, 9.17) is 10.5 Å². The number of carbonyl (C=O) groups is 1. The van der Waals surface area contributed by atoms with Gasteiger partial charge in [0, 0.05) is 13.1 Å². The Labute approximate surface area is 91.8 Å². The molecule has 0 aromatic carbocycles. The number of piperidine rings is 1.